The van der Waals surface area contributed by atoms with Gasteiger partial charge in [0.05, 0.1) is 12.1 Å². The zero-order valence-corrected chi connectivity index (χ0v) is 15.1. The second kappa shape index (κ2) is 8.72. The van der Waals surface area contributed by atoms with E-state index < -0.39 is 17.2 Å². The molecule has 2 aromatic carbocycles. The zero-order valence-electron chi connectivity index (χ0n) is 15.1. The van der Waals surface area contributed by atoms with E-state index in [-0.39, 0.29) is 17.8 Å². The number of imide groups is 1. The second-order valence-corrected chi connectivity index (χ2v) is 5.92. The molecule has 146 valence electrons. The van der Waals surface area contributed by atoms with Crippen molar-refractivity contribution in [2.45, 2.75) is 0 Å². The average molecular weight is 391 g/mol. The lowest BCUT2D eigenvalue weighted by molar-refractivity contribution is -0.118. The van der Waals surface area contributed by atoms with Crippen LogP contribution in [0.5, 0.6) is 0 Å². The number of hydrogen-bond donors (Lipinski definition) is 4. The van der Waals surface area contributed by atoms with E-state index >= 15 is 0 Å². The van der Waals surface area contributed by atoms with Crippen LogP contribution in [0.4, 0.5) is 0 Å². The van der Waals surface area contributed by atoms with Crippen LogP contribution in [0.2, 0.25) is 0 Å². The topological polar surface area (TPSA) is 151 Å². The number of pyridine rings is 1. The number of amides is 2. The summed E-state index contributed by atoms with van der Waals surface area (Å²) in [5, 5.41) is 10.3. The van der Waals surface area contributed by atoms with E-state index in [0.717, 1.165) is 10.8 Å². The normalized spacial score (nSPS) is 10.2. The number of nitrogens with zero attached hydrogens (tertiary/aromatic N) is 1. The van der Waals surface area contributed by atoms with Gasteiger partial charge in [-0.2, -0.15) is 5.10 Å². The second-order valence-electron chi connectivity index (χ2n) is 5.92. The molecule has 0 aliphatic heterocycles. The number of para-hydroxylation sites is 1. The molecular formula is C20H17N5O4. The number of H-pyrrole nitrogens is 2. The Labute approximate surface area is 163 Å². The minimum atomic E-state index is -0.863. The molecule has 0 fully saturated rings. The lowest BCUT2D eigenvalue weighted by atomic mass is 10.2. The number of aromatic nitrogens is 3. The fourth-order valence-corrected chi connectivity index (χ4v) is 2.60. The van der Waals surface area contributed by atoms with Crippen LogP contribution in [0.1, 0.15) is 10.5 Å². The van der Waals surface area contributed by atoms with Gasteiger partial charge < -0.3 is 10.7 Å². The molecule has 0 aliphatic rings. The van der Waals surface area contributed by atoms with Gasteiger partial charge in [-0.15, -0.1) is 0 Å². The van der Waals surface area contributed by atoms with Gasteiger partial charge in [0, 0.05) is 17.0 Å². The molecule has 0 atom stereocenters. The van der Waals surface area contributed by atoms with E-state index in [1.54, 1.807) is 30.5 Å². The highest BCUT2D eigenvalue weighted by atomic mass is 16.2. The number of nitrogens with two attached hydrogens (primary N) is 1. The first-order valence-electron chi connectivity index (χ1n) is 8.59. The van der Waals surface area contributed by atoms with Gasteiger partial charge in [0.1, 0.15) is 0 Å². The van der Waals surface area contributed by atoms with E-state index in [9.17, 15) is 19.2 Å². The molecular weight excluding hydrogens is 374 g/mol. The fraction of sp³-hybridized carbons (Fsp3) is 0.0500. The van der Waals surface area contributed by atoms with Crippen molar-refractivity contribution in [1.82, 2.24) is 20.5 Å². The lowest BCUT2D eigenvalue weighted by Gasteiger charge is -2.02. The Morgan fingerprint density at radius 1 is 0.966 bits per heavy atom. The number of rotatable bonds is 2. The van der Waals surface area contributed by atoms with Crippen LogP contribution < -0.4 is 22.0 Å². The molecule has 29 heavy (non-hydrogen) atoms. The van der Waals surface area contributed by atoms with Crippen molar-refractivity contribution < 1.29 is 9.59 Å². The summed E-state index contributed by atoms with van der Waals surface area (Å²) in [7, 11) is 0. The molecule has 0 bridgehead atoms. The number of benzene rings is 2. The maximum atomic E-state index is 12.0. The van der Waals surface area contributed by atoms with Crippen LogP contribution >= 0.6 is 0 Å². The fourth-order valence-electron chi connectivity index (χ4n) is 2.60. The molecule has 0 radical (unpaired) electrons. The largest absolute Gasteiger partial charge is 0.329 e. The van der Waals surface area contributed by atoms with Gasteiger partial charge >= 0.3 is 0 Å². The number of aromatic amines is 2. The summed E-state index contributed by atoms with van der Waals surface area (Å²) in [4.78, 5) is 48.3. The van der Waals surface area contributed by atoms with Gasteiger partial charge in [-0.3, -0.25) is 29.6 Å². The predicted octanol–water partition coefficient (Wildman–Crippen LogP) is 0.666. The number of hydrogen-bond acceptors (Lipinski definition) is 6. The highest BCUT2D eigenvalue weighted by molar-refractivity contribution is 6.05. The highest BCUT2D eigenvalue weighted by Gasteiger charge is 2.16. The van der Waals surface area contributed by atoms with E-state index in [2.05, 4.69) is 15.2 Å². The van der Waals surface area contributed by atoms with Crippen molar-refractivity contribution in [2.75, 3.05) is 6.54 Å². The highest BCUT2D eigenvalue weighted by Crippen LogP contribution is 2.06. The van der Waals surface area contributed by atoms with Gasteiger partial charge in [-0.1, -0.05) is 30.3 Å². The maximum absolute atomic E-state index is 12.0. The molecule has 0 saturated carbocycles. The Morgan fingerprint density at radius 3 is 2.38 bits per heavy atom. The van der Waals surface area contributed by atoms with Crippen LogP contribution in [-0.2, 0) is 4.79 Å². The third-order valence-corrected chi connectivity index (χ3v) is 4.01. The summed E-state index contributed by atoms with van der Waals surface area (Å²) < 4.78 is 0. The van der Waals surface area contributed by atoms with Crippen molar-refractivity contribution >= 4 is 33.5 Å². The standard InChI is InChI=1S/C11H10N4O3.C9H7NO/c12-5-8(16)13-11(18)9-10(17)6-3-1-2-4-7(6)14-15-9;11-9-8-4-2-1-3-7(8)5-6-10-9/h1-4H,5,12H2,(H,14,17)(H,13,16,18);1-6H,(H,10,11). The Bertz CT molecular complexity index is 1300. The maximum Gasteiger partial charge on any atom is 0.282 e. The third kappa shape index (κ3) is 4.42. The van der Waals surface area contributed by atoms with Crippen molar-refractivity contribution in [2.24, 2.45) is 5.73 Å². The van der Waals surface area contributed by atoms with Gasteiger partial charge in [-0.25, -0.2) is 0 Å². The number of nitrogens with one attached hydrogen (secondary N) is 3. The van der Waals surface area contributed by atoms with E-state index in [1.807, 2.05) is 35.6 Å². The summed E-state index contributed by atoms with van der Waals surface area (Å²) in [5.41, 5.74) is 4.65. The van der Waals surface area contributed by atoms with Crippen LogP contribution in [0.25, 0.3) is 21.7 Å². The minimum absolute atomic E-state index is 0.0249. The molecule has 0 aliphatic carbocycles. The van der Waals surface area contributed by atoms with Gasteiger partial charge in [-0.05, 0) is 29.7 Å². The van der Waals surface area contributed by atoms with Crippen molar-refractivity contribution in [3.05, 3.63) is 87.1 Å². The first kappa shape index (κ1) is 19.6. The Balaban J connectivity index is 0.000000186. The Kier molecular flexibility index (Phi) is 5.91. The SMILES string of the molecule is NCC(=O)NC(=O)c1n[nH]c2ccccc2c1=O.O=c1[nH]ccc2ccccc12. The first-order chi connectivity index (χ1) is 14.0. The predicted molar refractivity (Wildman–Crippen MR) is 108 cm³/mol. The zero-order chi connectivity index (χ0) is 20.8. The quantitative estimate of drug-likeness (QED) is 0.394. The number of carbonyl (C=O) groups excluding carboxylic acids is 2. The molecule has 9 heteroatoms. The summed E-state index contributed by atoms with van der Waals surface area (Å²) in [6, 6.07) is 16.0. The lowest BCUT2D eigenvalue weighted by Crippen LogP contribution is -2.38. The summed E-state index contributed by atoms with van der Waals surface area (Å²) in [6.45, 7) is -0.336. The van der Waals surface area contributed by atoms with Crippen molar-refractivity contribution in [1.29, 1.82) is 0 Å². The van der Waals surface area contributed by atoms with E-state index in [1.165, 1.54) is 0 Å². The van der Waals surface area contributed by atoms with Crippen LogP contribution in [0.15, 0.2) is 70.4 Å². The molecule has 0 spiro atoms. The monoisotopic (exact) mass is 391 g/mol. The summed E-state index contributed by atoms with van der Waals surface area (Å²) >= 11 is 0. The van der Waals surface area contributed by atoms with Crippen LogP contribution in [-0.4, -0.2) is 33.5 Å². The third-order valence-electron chi connectivity index (χ3n) is 4.01. The van der Waals surface area contributed by atoms with Crippen LogP contribution in [0.3, 0.4) is 0 Å². The van der Waals surface area contributed by atoms with Gasteiger partial charge in [0.2, 0.25) is 11.3 Å². The molecule has 2 aromatic heterocycles. The molecule has 0 saturated heterocycles. The van der Waals surface area contributed by atoms with Crippen LogP contribution in [0, 0.1) is 0 Å². The minimum Gasteiger partial charge on any atom is -0.329 e. The van der Waals surface area contributed by atoms with Crippen molar-refractivity contribution in [3.8, 4) is 0 Å². The Morgan fingerprint density at radius 2 is 1.66 bits per heavy atom. The molecule has 2 heterocycles. The number of fused-ring (bicyclic) bond motifs is 2. The molecule has 5 N–H and O–H groups in total. The molecule has 4 aromatic rings. The summed E-state index contributed by atoms with van der Waals surface area (Å²) in [6.07, 6.45) is 1.66. The van der Waals surface area contributed by atoms with Crippen molar-refractivity contribution in [3.63, 3.8) is 0 Å². The van der Waals surface area contributed by atoms with E-state index in [0.29, 0.717) is 10.9 Å². The molecule has 9 nitrogen and oxygen atoms in total. The number of carbonyl (C=O) groups is 2. The average Bonchev–Trinajstić information content (AvgIpc) is 2.75. The van der Waals surface area contributed by atoms with E-state index in [4.69, 9.17) is 5.73 Å². The smallest absolute Gasteiger partial charge is 0.282 e. The molecule has 0 unspecified atom stereocenters. The van der Waals surface area contributed by atoms with Gasteiger partial charge in [0.15, 0.2) is 5.69 Å². The van der Waals surface area contributed by atoms with Gasteiger partial charge in [0.25, 0.3) is 11.5 Å². The first-order valence-corrected chi connectivity index (χ1v) is 8.59. The summed E-state index contributed by atoms with van der Waals surface area (Å²) in [5.74, 6) is -1.54. The Hall–Kier alpha value is -4.11. The molecule has 2 amide bonds. The molecule has 4 rings (SSSR count).